The number of aliphatic imine (C=N–C) groups is 1. The highest BCUT2D eigenvalue weighted by atomic mass is 14.9. The number of nitrogens with two attached hydrogens (primary N) is 1. The molecule has 4 nitrogen and oxygen atoms in total. The van der Waals surface area contributed by atoms with E-state index in [-0.39, 0.29) is 0 Å². The number of aromatic nitrogens is 2. The molecular weight excluding hydrogens is 152 g/mol. The first-order chi connectivity index (χ1) is 5.81. The summed E-state index contributed by atoms with van der Waals surface area (Å²) >= 11 is 0. The van der Waals surface area contributed by atoms with E-state index in [1.165, 1.54) is 0 Å². The Morgan fingerprint density at radius 3 is 2.92 bits per heavy atom. The molecule has 0 unspecified atom stereocenters. The number of hydrogen-bond donors (Lipinski definition) is 1. The van der Waals surface area contributed by atoms with Gasteiger partial charge in [-0.05, 0) is 12.8 Å². The summed E-state index contributed by atoms with van der Waals surface area (Å²) in [5, 5.41) is 0. The second-order valence-corrected chi connectivity index (χ2v) is 2.14. The van der Waals surface area contributed by atoms with Gasteiger partial charge in [0, 0.05) is 6.54 Å². The molecule has 0 fully saturated rings. The van der Waals surface area contributed by atoms with Crippen LogP contribution in [-0.4, -0.2) is 16.7 Å². The Kier molecular flexibility index (Phi) is 2.66. The van der Waals surface area contributed by atoms with E-state index in [0.717, 1.165) is 5.69 Å². The van der Waals surface area contributed by atoms with Gasteiger partial charge in [-0.25, -0.2) is 15.0 Å². The summed E-state index contributed by atoms with van der Waals surface area (Å²) in [5.74, 6) is 0.488. The van der Waals surface area contributed by atoms with Gasteiger partial charge in [0.1, 0.15) is 5.69 Å². The Morgan fingerprint density at radius 1 is 1.67 bits per heavy atom. The van der Waals surface area contributed by atoms with E-state index in [1.54, 1.807) is 12.3 Å². The van der Waals surface area contributed by atoms with Gasteiger partial charge in [-0.1, -0.05) is 6.58 Å². The van der Waals surface area contributed by atoms with Crippen molar-refractivity contribution < 1.29 is 0 Å². The fourth-order valence-electron chi connectivity index (χ4n) is 0.792. The second kappa shape index (κ2) is 3.73. The monoisotopic (exact) mass is 162 g/mol. The molecule has 2 N–H and O–H groups in total. The van der Waals surface area contributed by atoms with Crippen LogP contribution in [-0.2, 0) is 6.54 Å². The molecule has 0 atom stereocenters. The lowest BCUT2D eigenvalue weighted by Crippen LogP contribution is -2.01. The van der Waals surface area contributed by atoms with Crippen LogP contribution in [0.4, 0.5) is 5.82 Å². The molecule has 0 saturated heterocycles. The lowest BCUT2D eigenvalue weighted by Gasteiger charge is -2.00. The van der Waals surface area contributed by atoms with Gasteiger partial charge in [-0.2, -0.15) is 0 Å². The highest BCUT2D eigenvalue weighted by Crippen LogP contribution is 2.13. The Labute approximate surface area is 70.9 Å². The van der Waals surface area contributed by atoms with Gasteiger partial charge in [0.2, 0.25) is 0 Å². The van der Waals surface area contributed by atoms with Crippen LogP contribution in [0.2, 0.25) is 0 Å². The largest absolute Gasteiger partial charge is 0.325 e. The molecule has 0 bridgehead atoms. The standard InChI is InChI=1S/C8H10N4/c1-3-7-8(10-2)11-5-6(4-9)12-7/h3,5H,1-2,4,9H2. The summed E-state index contributed by atoms with van der Waals surface area (Å²) in [7, 11) is 0. The molecule has 0 saturated carbocycles. The first-order valence-electron chi connectivity index (χ1n) is 3.47. The summed E-state index contributed by atoms with van der Waals surface area (Å²) in [6.07, 6.45) is 3.16. The van der Waals surface area contributed by atoms with Gasteiger partial charge < -0.3 is 5.73 Å². The minimum atomic E-state index is 0.366. The minimum absolute atomic E-state index is 0.366. The Morgan fingerprint density at radius 2 is 2.42 bits per heavy atom. The molecule has 1 heterocycles. The lowest BCUT2D eigenvalue weighted by atomic mass is 10.3. The fraction of sp³-hybridized carbons (Fsp3) is 0.125. The predicted molar refractivity (Wildman–Crippen MR) is 49.2 cm³/mol. The highest BCUT2D eigenvalue weighted by molar-refractivity contribution is 5.57. The molecule has 1 aromatic heterocycles. The zero-order valence-corrected chi connectivity index (χ0v) is 6.70. The van der Waals surface area contributed by atoms with E-state index >= 15 is 0 Å². The molecule has 0 aliphatic carbocycles. The average Bonchev–Trinajstić information content (AvgIpc) is 2.16. The normalized spacial score (nSPS) is 9.42. The average molecular weight is 162 g/mol. The first kappa shape index (κ1) is 8.55. The van der Waals surface area contributed by atoms with Crippen molar-refractivity contribution in [2.24, 2.45) is 10.7 Å². The molecule has 4 heteroatoms. The second-order valence-electron chi connectivity index (χ2n) is 2.14. The van der Waals surface area contributed by atoms with E-state index in [0.29, 0.717) is 18.1 Å². The van der Waals surface area contributed by atoms with Crippen LogP contribution >= 0.6 is 0 Å². The lowest BCUT2D eigenvalue weighted by molar-refractivity contribution is 0.957. The quantitative estimate of drug-likeness (QED) is 0.672. The maximum Gasteiger partial charge on any atom is 0.177 e. The van der Waals surface area contributed by atoms with E-state index in [1.807, 2.05) is 0 Å². The number of hydrogen-bond acceptors (Lipinski definition) is 4. The van der Waals surface area contributed by atoms with Crippen LogP contribution in [0.3, 0.4) is 0 Å². The van der Waals surface area contributed by atoms with Crippen molar-refractivity contribution in [3.8, 4) is 0 Å². The Hall–Kier alpha value is -1.55. The van der Waals surface area contributed by atoms with E-state index < -0.39 is 0 Å². The molecule has 1 rings (SSSR count). The smallest absolute Gasteiger partial charge is 0.177 e. The molecule has 0 aromatic carbocycles. The van der Waals surface area contributed by atoms with E-state index in [4.69, 9.17) is 5.73 Å². The summed E-state index contributed by atoms with van der Waals surface area (Å²) < 4.78 is 0. The summed E-state index contributed by atoms with van der Waals surface area (Å²) in [6, 6.07) is 0. The van der Waals surface area contributed by atoms with Crippen LogP contribution in [0.1, 0.15) is 11.4 Å². The highest BCUT2D eigenvalue weighted by Gasteiger charge is 2.00. The van der Waals surface area contributed by atoms with Gasteiger partial charge in [-0.15, -0.1) is 0 Å². The Balaban J connectivity index is 3.18. The third-order valence-corrected chi connectivity index (χ3v) is 1.38. The molecule has 62 valence electrons. The van der Waals surface area contributed by atoms with Gasteiger partial charge in [0.05, 0.1) is 11.9 Å². The minimum Gasteiger partial charge on any atom is -0.325 e. The maximum atomic E-state index is 5.38. The van der Waals surface area contributed by atoms with E-state index in [2.05, 4.69) is 28.3 Å². The molecule has 0 spiro atoms. The van der Waals surface area contributed by atoms with Crippen LogP contribution in [0, 0.1) is 0 Å². The summed E-state index contributed by atoms with van der Waals surface area (Å²) in [6.45, 7) is 7.31. The predicted octanol–water partition coefficient (Wildman–Crippen LogP) is 0.910. The van der Waals surface area contributed by atoms with Gasteiger partial charge in [-0.3, -0.25) is 0 Å². The topological polar surface area (TPSA) is 64.2 Å². The van der Waals surface area contributed by atoms with Crippen molar-refractivity contribution in [3.05, 3.63) is 24.2 Å². The molecule has 0 aliphatic rings. The van der Waals surface area contributed by atoms with Gasteiger partial charge >= 0.3 is 0 Å². The SMILES string of the molecule is C=Cc1nc(CN)cnc1N=C. The van der Waals surface area contributed by atoms with Crippen molar-refractivity contribution in [3.63, 3.8) is 0 Å². The van der Waals surface area contributed by atoms with Crippen LogP contribution < -0.4 is 5.73 Å². The molecular formula is C8H10N4. The summed E-state index contributed by atoms with van der Waals surface area (Å²) in [4.78, 5) is 11.8. The Bertz CT molecular complexity index is 306. The molecule has 0 aliphatic heterocycles. The van der Waals surface area contributed by atoms with Crippen LogP contribution in [0.15, 0.2) is 17.8 Å². The number of rotatable bonds is 3. The van der Waals surface area contributed by atoms with E-state index in [9.17, 15) is 0 Å². The van der Waals surface area contributed by atoms with Gasteiger partial charge in [0.15, 0.2) is 5.82 Å². The maximum absolute atomic E-state index is 5.38. The van der Waals surface area contributed by atoms with Crippen LogP contribution in [0.25, 0.3) is 6.08 Å². The van der Waals surface area contributed by atoms with Gasteiger partial charge in [0.25, 0.3) is 0 Å². The summed E-state index contributed by atoms with van der Waals surface area (Å²) in [5.41, 5.74) is 6.72. The zero-order chi connectivity index (χ0) is 8.97. The molecule has 0 amide bonds. The van der Waals surface area contributed by atoms with Crippen molar-refractivity contribution in [2.75, 3.05) is 0 Å². The number of nitrogens with zero attached hydrogens (tertiary/aromatic N) is 3. The molecule has 0 radical (unpaired) electrons. The first-order valence-corrected chi connectivity index (χ1v) is 3.47. The third kappa shape index (κ3) is 1.54. The molecule has 12 heavy (non-hydrogen) atoms. The molecule has 1 aromatic rings. The van der Waals surface area contributed by atoms with Crippen molar-refractivity contribution in [2.45, 2.75) is 6.54 Å². The van der Waals surface area contributed by atoms with Crippen LogP contribution in [0.5, 0.6) is 0 Å². The zero-order valence-electron chi connectivity index (χ0n) is 6.70. The fourth-order valence-corrected chi connectivity index (χ4v) is 0.792. The van der Waals surface area contributed by atoms with Crippen molar-refractivity contribution >= 4 is 18.6 Å². The third-order valence-electron chi connectivity index (χ3n) is 1.38. The van der Waals surface area contributed by atoms with Crippen molar-refractivity contribution in [1.29, 1.82) is 0 Å². The van der Waals surface area contributed by atoms with Crippen molar-refractivity contribution in [1.82, 2.24) is 9.97 Å².